The Labute approximate surface area is 99.9 Å². The standard InChI is InChI=1S/C15H26O/c1-11-6-8-13(9-7-11)12(2)10-14-4-3-5-15(14)16/h6,12-16H,3-5,7-10H2,1-2H3/t12-,13-,14+,15+/m0/s1. The normalized spacial score (nSPS) is 37.2. The molecule has 2 aliphatic rings. The number of hydrogen-bond acceptors (Lipinski definition) is 1. The van der Waals surface area contributed by atoms with Gasteiger partial charge in [0.05, 0.1) is 6.10 Å². The fraction of sp³-hybridized carbons (Fsp3) is 0.867. The maximum Gasteiger partial charge on any atom is 0.0568 e. The lowest BCUT2D eigenvalue weighted by molar-refractivity contribution is 0.109. The molecule has 1 fully saturated rings. The summed E-state index contributed by atoms with van der Waals surface area (Å²) >= 11 is 0. The van der Waals surface area contributed by atoms with Crippen molar-refractivity contribution in [3.05, 3.63) is 11.6 Å². The summed E-state index contributed by atoms with van der Waals surface area (Å²) in [6.07, 6.45) is 11.2. The first-order chi connectivity index (χ1) is 7.66. The van der Waals surface area contributed by atoms with Gasteiger partial charge in [0.1, 0.15) is 0 Å². The van der Waals surface area contributed by atoms with E-state index >= 15 is 0 Å². The first-order valence-electron chi connectivity index (χ1n) is 7.00. The van der Waals surface area contributed by atoms with Crippen molar-refractivity contribution in [3.8, 4) is 0 Å². The van der Waals surface area contributed by atoms with E-state index in [0.29, 0.717) is 5.92 Å². The zero-order chi connectivity index (χ0) is 11.5. The van der Waals surface area contributed by atoms with Gasteiger partial charge in [0.2, 0.25) is 0 Å². The van der Waals surface area contributed by atoms with Crippen molar-refractivity contribution in [3.63, 3.8) is 0 Å². The van der Waals surface area contributed by atoms with Gasteiger partial charge in [-0.1, -0.05) is 25.0 Å². The van der Waals surface area contributed by atoms with E-state index in [2.05, 4.69) is 19.9 Å². The molecule has 0 bridgehead atoms. The van der Waals surface area contributed by atoms with Crippen LogP contribution in [-0.2, 0) is 0 Å². The Morgan fingerprint density at radius 1 is 1.38 bits per heavy atom. The lowest BCUT2D eigenvalue weighted by Crippen LogP contribution is -2.21. The molecule has 2 rings (SSSR count). The molecule has 0 unspecified atom stereocenters. The van der Waals surface area contributed by atoms with E-state index in [4.69, 9.17) is 0 Å². The number of rotatable bonds is 3. The van der Waals surface area contributed by atoms with Crippen molar-refractivity contribution in [2.24, 2.45) is 17.8 Å². The van der Waals surface area contributed by atoms with Crippen molar-refractivity contribution < 1.29 is 5.11 Å². The molecular weight excluding hydrogens is 196 g/mol. The van der Waals surface area contributed by atoms with E-state index in [1.807, 2.05) is 0 Å². The van der Waals surface area contributed by atoms with Crippen molar-refractivity contribution in [1.29, 1.82) is 0 Å². The fourth-order valence-corrected chi connectivity index (χ4v) is 3.46. The van der Waals surface area contributed by atoms with Crippen molar-refractivity contribution >= 4 is 0 Å². The van der Waals surface area contributed by atoms with E-state index in [1.165, 1.54) is 38.5 Å². The highest BCUT2D eigenvalue weighted by molar-refractivity contribution is 5.03. The molecule has 0 aliphatic heterocycles. The first-order valence-corrected chi connectivity index (χ1v) is 7.00. The Morgan fingerprint density at radius 2 is 2.19 bits per heavy atom. The van der Waals surface area contributed by atoms with Crippen molar-refractivity contribution in [2.75, 3.05) is 0 Å². The van der Waals surface area contributed by atoms with Crippen LogP contribution in [0.5, 0.6) is 0 Å². The average molecular weight is 222 g/mol. The van der Waals surface area contributed by atoms with Crippen LogP contribution in [-0.4, -0.2) is 11.2 Å². The average Bonchev–Trinajstić information content (AvgIpc) is 2.65. The SMILES string of the molecule is CC1=CC[C@H]([C@@H](C)C[C@H]2CCC[C@H]2O)CC1. The maximum atomic E-state index is 9.87. The molecule has 16 heavy (non-hydrogen) atoms. The second kappa shape index (κ2) is 5.35. The summed E-state index contributed by atoms with van der Waals surface area (Å²) in [5.41, 5.74) is 1.57. The quantitative estimate of drug-likeness (QED) is 0.718. The lowest BCUT2D eigenvalue weighted by atomic mass is 9.77. The minimum atomic E-state index is 0.00307. The molecule has 2 aliphatic carbocycles. The van der Waals surface area contributed by atoms with Crippen LogP contribution in [0, 0.1) is 17.8 Å². The van der Waals surface area contributed by atoms with Gasteiger partial charge in [0, 0.05) is 0 Å². The molecule has 0 radical (unpaired) electrons. The molecule has 1 nitrogen and oxygen atoms in total. The van der Waals surface area contributed by atoms with Gasteiger partial charge in [0.25, 0.3) is 0 Å². The number of aliphatic hydroxyl groups is 1. The van der Waals surface area contributed by atoms with E-state index in [9.17, 15) is 5.11 Å². The zero-order valence-corrected chi connectivity index (χ0v) is 10.8. The summed E-state index contributed by atoms with van der Waals surface area (Å²) in [7, 11) is 0. The van der Waals surface area contributed by atoms with Gasteiger partial charge in [0.15, 0.2) is 0 Å². The molecule has 0 spiro atoms. The molecule has 92 valence electrons. The van der Waals surface area contributed by atoms with Crippen LogP contribution < -0.4 is 0 Å². The minimum absolute atomic E-state index is 0.00307. The van der Waals surface area contributed by atoms with Crippen LogP contribution >= 0.6 is 0 Å². The molecule has 0 aromatic heterocycles. The van der Waals surface area contributed by atoms with Gasteiger partial charge in [-0.2, -0.15) is 0 Å². The Kier molecular flexibility index (Phi) is 4.07. The first kappa shape index (κ1) is 12.2. The third-order valence-corrected chi connectivity index (χ3v) is 4.78. The van der Waals surface area contributed by atoms with Crippen LogP contribution in [0.4, 0.5) is 0 Å². The van der Waals surface area contributed by atoms with Gasteiger partial charge in [-0.3, -0.25) is 0 Å². The smallest absolute Gasteiger partial charge is 0.0568 e. The summed E-state index contributed by atoms with van der Waals surface area (Å²) in [5.74, 6) is 2.26. The summed E-state index contributed by atoms with van der Waals surface area (Å²) in [6, 6.07) is 0. The van der Waals surface area contributed by atoms with Gasteiger partial charge in [-0.05, 0) is 63.2 Å². The Hall–Kier alpha value is -0.300. The molecule has 0 aromatic rings. The molecule has 1 N–H and O–H groups in total. The number of hydrogen-bond donors (Lipinski definition) is 1. The van der Waals surface area contributed by atoms with E-state index in [0.717, 1.165) is 18.3 Å². The van der Waals surface area contributed by atoms with E-state index in [1.54, 1.807) is 5.57 Å². The van der Waals surface area contributed by atoms with Gasteiger partial charge < -0.3 is 5.11 Å². The minimum Gasteiger partial charge on any atom is -0.393 e. The molecule has 0 amide bonds. The van der Waals surface area contributed by atoms with Crippen molar-refractivity contribution in [2.45, 2.75) is 64.9 Å². The van der Waals surface area contributed by atoms with Gasteiger partial charge >= 0.3 is 0 Å². The predicted molar refractivity (Wildman–Crippen MR) is 68.2 cm³/mol. The van der Waals surface area contributed by atoms with E-state index < -0.39 is 0 Å². The predicted octanol–water partition coefficient (Wildman–Crippen LogP) is 3.92. The highest BCUT2D eigenvalue weighted by atomic mass is 16.3. The second-order valence-electron chi connectivity index (χ2n) is 6.06. The summed E-state index contributed by atoms with van der Waals surface area (Å²) < 4.78 is 0. The molecule has 1 heteroatoms. The number of aliphatic hydroxyl groups excluding tert-OH is 1. The molecular formula is C15H26O. The van der Waals surface area contributed by atoms with Crippen LogP contribution in [0.2, 0.25) is 0 Å². The molecule has 4 atom stereocenters. The van der Waals surface area contributed by atoms with Crippen LogP contribution in [0.3, 0.4) is 0 Å². The summed E-state index contributed by atoms with van der Waals surface area (Å²) in [4.78, 5) is 0. The van der Waals surface area contributed by atoms with Gasteiger partial charge in [-0.15, -0.1) is 0 Å². The van der Waals surface area contributed by atoms with Crippen LogP contribution in [0.1, 0.15) is 58.8 Å². The Balaban J connectivity index is 1.81. The third kappa shape index (κ3) is 2.88. The third-order valence-electron chi connectivity index (χ3n) is 4.78. The Morgan fingerprint density at radius 3 is 2.75 bits per heavy atom. The van der Waals surface area contributed by atoms with Crippen molar-refractivity contribution in [1.82, 2.24) is 0 Å². The van der Waals surface area contributed by atoms with Crippen LogP contribution in [0.25, 0.3) is 0 Å². The monoisotopic (exact) mass is 222 g/mol. The highest BCUT2D eigenvalue weighted by Gasteiger charge is 2.29. The van der Waals surface area contributed by atoms with Crippen LogP contribution in [0.15, 0.2) is 11.6 Å². The molecule has 0 saturated heterocycles. The summed E-state index contributed by atoms with van der Waals surface area (Å²) in [5, 5.41) is 9.87. The fourth-order valence-electron chi connectivity index (χ4n) is 3.46. The molecule has 0 heterocycles. The zero-order valence-electron chi connectivity index (χ0n) is 10.8. The molecule has 1 saturated carbocycles. The lowest BCUT2D eigenvalue weighted by Gasteiger charge is -2.29. The summed E-state index contributed by atoms with van der Waals surface area (Å²) in [6.45, 7) is 4.64. The topological polar surface area (TPSA) is 20.2 Å². The maximum absolute atomic E-state index is 9.87. The second-order valence-corrected chi connectivity index (χ2v) is 6.06. The molecule has 0 aromatic carbocycles. The van der Waals surface area contributed by atoms with Gasteiger partial charge in [-0.25, -0.2) is 0 Å². The number of allylic oxidation sites excluding steroid dienone is 2. The largest absolute Gasteiger partial charge is 0.393 e. The Bertz CT molecular complexity index is 256. The highest BCUT2D eigenvalue weighted by Crippen LogP contribution is 2.37. The van der Waals surface area contributed by atoms with E-state index in [-0.39, 0.29) is 6.10 Å².